The minimum Gasteiger partial charge on any atom is -0.505 e. The molecule has 9 atom stereocenters. The van der Waals surface area contributed by atoms with Crippen LogP contribution in [0.2, 0.25) is 0 Å². The van der Waals surface area contributed by atoms with Gasteiger partial charge in [0.15, 0.2) is 11.2 Å². The number of imidazole rings is 1. The van der Waals surface area contributed by atoms with Gasteiger partial charge in [0.05, 0.1) is 54.3 Å². The number of phenols is 1. The van der Waals surface area contributed by atoms with Crippen molar-refractivity contribution in [3.05, 3.63) is 86.4 Å². The summed E-state index contributed by atoms with van der Waals surface area (Å²) in [5.41, 5.74) is 3.73. The number of aliphatic hydroxyl groups is 2. The van der Waals surface area contributed by atoms with Gasteiger partial charge in [-0.25, -0.2) is 10.0 Å². The number of ketones is 1. The van der Waals surface area contributed by atoms with Crippen molar-refractivity contribution >= 4 is 51.3 Å². The smallest absolute Gasteiger partial charge is 0.312 e. The molecule has 7 rings (SSSR count). The predicted octanol–water partition coefficient (Wildman–Crippen LogP) is 3.22. The molecule has 1 fully saturated rings. The highest BCUT2D eigenvalue weighted by Gasteiger charge is 2.49. The zero-order chi connectivity index (χ0) is 46.4. The van der Waals surface area contributed by atoms with Gasteiger partial charge in [-0.05, 0) is 37.3 Å². The van der Waals surface area contributed by atoms with Crippen LogP contribution in [0.25, 0.3) is 33.7 Å². The zero-order valence-corrected chi connectivity index (χ0v) is 37.5. The number of pyridine rings is 1. The number of carbonyl (C=O) groups is 3. The molecule has 342 valence electrons. The Morgan fingerprint density at radius 2 is 1.75 bits per heavy atom. The Hall–Kier alpha value is -5.85. The molecule has 0 saturated carbocycles. The second-order valence-corrected chi connectivity index (χ2v) is 17.2. The number of hydrazine groups is 1. The molecule has 0 aliphatic carbocycles. The number of aromatic amines is 1. The van der Waals surface area contributed by atoms with Gasteiger partial charge < -0.3 is 49.4 Å². The van der Waals surface area contributed by atoms with Crippen LogP contribution in [0.15, 0.2) is 64.3 Å². The second kappa shape index (κ2) is 18.3. The van der Waals surface area contributed by atoms with Crippen LogP contribution >= 0.6 is 0 Å². The van der Waals surface area contributed by atoms with E-state index in [0.29, 0.717) is 32.0 Å². The number of H-pyrrole nitrogens is 1. The molecular weight excluding hydrogens is 827 g/mol. The molecule has 17 heteroatoms. The average Bonchev–Trinajstić information content (AvgIpc) is 3.78. The van der Waals surface area contributed by atoms with Crippen LogP contribution in [-0.2, 0) is 28.5 Å². The van der Waals surface area contributed by atoms with Crippen molar-refractivity contribution in [3.63, 3.8) is 0 Å². The van der Waals surface area contributed by atoms with E-state index in [4.69, 9.17) is 23.7 Å². The molecule has 64 heavy (non-hydrogen) atoms. The quantitative estimate of drug-likeness (QED) is 0.186. The van der Waals surface area contributed by atoms with Crippen molar-refractivity contribution in [3.8, 4) is 11.5 Å². The van der Waals surface area contributed by atoms with E-state index in [-0.39, 0.29) is 49.6 Å². The van der Waals surface area contributed by atoms with Crippen molar-refractivity contribution < 1.29 is 53.4 Å². The Kier molecular flexibility index (Phi) is 13.2. The molecule has 0 unspecified atom stereocenters. The number of aliphatic hydroxyl groups excluding tert-OH is 2. The number of phenolic OH excluding ortho intramolecular Hbond substituents is 1. The van der Waals surface area contributed by atoms with E-state index in [1.165, 1.54) is 46.3 Å². The molecule has 1 saturated heterocycles. The number of esters is 1. The number of aromatic nitrogens is 2. The third-order valence-electron chi connectivity index (χ3n) is 12.8. The van der Waals surface area contributed by atoms with Crippen molar-refractivity contribution in [2.24, 2.45) is 28.7 Å². The molecule has 17 nitrogen and oxygen atoms in total. The number of allylic oxidation sites excluding steroid dienone is 2. The van der Waals surface area contributed by atoms with Crippen LogP contribution in [0.4, 0.5) is 0 Å². The van der Waals surface area contributed by atoms with Gasteiger partial charge in [0.1, 0.15) is 28.4 Å². The van der Waals surface area contributed by atoms with Crippen LogP contribution in [0, 0.1) is 30.6 Å². The monoisotopic (exact) mass is 883 g/mol. The molecule has 4 aromatic rings. The molecule has 0 radical (unpaired) electrons. The maximum atomic E-state index is 14.8. The van der Waals surface area contributed by atoms with Crippen molar-refractivity contribution in [1.29, 1.82) is 0 Å². The Bertz CT molecular complexity index is 2790. The first kappa shape index (κ1) is 46.2. The summed E-state index contributed by atoms with van der Waals surface area (Å²) in [6, 6.07) is 3.64. The number of ether oxygens (including phenoxy) is 5. The van der Waals surface area contributed by atoms with Gasteiger partial charge in [-0.1, -0.05) is 45.9 Å². The van der Waals surface area contributed by atoms with E-state index < -0.39 is 82.7 Å². The third kappa shape index (κ3) is 8.45. The summed E-state index contributed by atoms with van der Waals surface area (Å²) < 4.78 is 31.1. The Morgan fingerprint density at radius 3 is 2.44 bits per heavy atom. The molecule has 3 aliphatic rings. The van der Waals surface area contributed by atoms with E-state index in [1.807, 2.05) is 23.3 Å². The molecule has 0 spiro atoms. The first-order chi connectivity index (χ1) is 30.4. The van der Waals surface area contributed by atoms with E-state index in [9.17, 15) is 34.5 Å². The SMILES string of the molecule is CO[C@H]1/C=C/O[C@@]2(C)Oc3c(C)c(=O)c4c(O)c(c5c([nH]c6cc(=CNN7CCOCC7)ccn65)c4c3C2=O)=NC(=O)/C(C)=C\C=C\[C@H](C)[C@H](O)[C@@H](C)[C@@H](O)[C@@H](C)[C@H](OC(C)=O)[C@@H]1C. The fourth-order valence-corrected chi connectivity index (χ4v) is 8.90. The molecule has 1 amide bonds. The van der Waals surface area contributed by atoms with Crippen LogP contribution in [-0.4, -0.2) is 111 Å². The van der Waals surface area contributed by atoms with Gasteiger partial charge in [-0.15, -0.1) is 0 Å². The number of amides is 1. The Balaban J connectivity index is 1.45. The highest BCUT2D eigenvalue weighted by Crippen LogP contribution is 2.44. The molecular formula is C47H57N5O12. The molecule has 5 N–H and O–H groups in total. The van der Waals surface area contributed by atoms with Crippen LogP contribution in [0.3, 0.4) is 0 Å². The number of rotatable bonds is 4. The van der Waals surface area contributed by atoms with E-state index in [0.717, 1.165) is 5.22 Å². The number of hydrogen-bond donors (Lipinski definition) is 5. The van der Waals surface area contributed by atoms with Crippen molar-refractivity contribution in [1.82, 2.24) is 19.8 Å². The summed E-state index contributed by atoms with van der Waals surface area (Å²) in [4.78, 5) is 63.3. The summed E-state index contributed by atoms with van der Waals surface area (Å²) >= 11 is 0. The average molecular weight is 884 g/mol. The number of nitrogens with zero attached hydrogens (tertiary/aromatic N) is 3. The fourth-order valence-electron chi connectivity index (χ4n) is 8.90. The summed E-state index contributed by atoms with van der Waals surface area (Å²) in [7, 11) is 1.45. The van der Waals surface area contributed by atoms with Gasteiger partial charge in [-0.3, -0.25) is 23.6 Å². The largest absolute Gasteiger partial charge is 0.505 e. The summed E-state index contributed by atoms with van der Waals surface area (Å²) in [6.07, 6.45) is 7.25. The number of hydrogen-bond acceptors (Lipinski definition) is 14. The minimum absolute atomic E-state index is 0.0198. The Morgan fingerprint density at radius 1 is 1.03 bits per heavy atom. The summed E-state index contributed by atoms with van der Waals surface area (Å²) in [5.74, 6) is -7.09. The summed E-state index contributed by atoms with van der Waals surface area (Å²) in [6.45, 7) is 15.2. The molecule has 5 heterocycles. The van der Waals surface area contributed by atoms with Crippen LogP contribution in [0.5, 0.6) is 11.5 Å². The van der Waals surface area contributed by atoms with Gasteiger partial charge in [0, 0.05) is 86.6 Å². The summed E-state index contributed by atoms with van der Waals surface area (Å²) in [5, 5.41) is 37.5. The lowest BCUT2D eigenvalue weighted by Crippen LogP contribution is -2.46. The molecule has 2 aromatic carbocycles. The third-order valence-corrected chi connectivity index (χ3v) is 12.8. The van der Waals surface area contributed by atoms with Gasteiger partial charge in [0.25, 0.3) is 11.7 Å². The topological polar surface area (TPSA) is 223 Å². The number of aromatic hydroxyl groups is 1. The number of fused-ring (bicyclic) bond motifs is 2. The molecule has 3 aliphatic heterocycles. The first-order valence-corrected chi connectivity index (χ1v) is 21.4. The number of benzene rings is 2. The standard InChI is InChI=1S/C47H57N5O12/c1-23-11-10-12-24(2)46(59)50-37-38-36(49-32-21-30(13-15-52(32)38)22-48-51-16-19-61-20-17-51)33-34(42(37)57)41(56)28(6)44-35(33)45(58)47(8,64-44)62-18-14-31(60-9)25(3)43(63-29(7)53)27(5)40(55)26(4)39(23)54/h10-15,18,21-23,25-27,31,39-40,43,48-49,54-55,57H,16-17,19-20H2,1-9H3/b11-10+,18-14+,24-12-,30-22?,50-37?/t23-,25+,26+,27+,31-,39-,40+,43+,47-/m0/s1. The van der Waals surface area contributed by atoms with E-state index in [1.54, 1.807) is 57.4 Å². The lowest BCUT2D eigenvalue weighted by molar-refractivity contribution is -0.160. The van der Waals surface area contributed by atoms with Crippen LogP contribution in [0.1, 0.15) is 64.4 Å². The number of Topliss-reactive ketones (excluding diaryl/α,β-unsaturated/α-hetero) is 1. The van der Waals surface area contributed by atoms with Gasteiger partial charge in [-0.2, -0.15) is 0 Å². The Labute approximate surface area is 369 Å². The number of methoxy groups -OCH3 is 1. The lowest BCUT2D eigenvalue weighted by Gasteiger charge is -2.38. The predicted molar refractivity (Wildman–Crippen MR) is 237 cm³/mol. The maximum Gasteiger partial charge on any atom is 0.312 e. The fraction of sp³-hybridized carbons (Fsp3) is 0.468. The highest BCUT2D eigenvalue weighted by atomic mass is 16.7. The van der Waals surface area contributed by atoms with Crippen molar-refractivity contribution in [2.75, 3.05) is 33.4 Å². The number of morpholine rings is 1. The van der Waals surface area contributed by atoms with E-state index >= 15 is 0 Å². The van der Waals surface area contributed by atoms with E-state index in [2.05, 4.69) is 15.4 Å². The first-order valence-electron chi connectivity index (χ1n) is 21.4. The highest BCUT2D eigenvalue weighted by molar-refractivity contribution is 6.23. The number of nitrogens with one attached hydrogen (secondary N) is 2. The minimum atomic E-state index is -2.01. The molecule has 4 bridgehead atoms. The van der Waals surface area contributed by atoms with Crippen molar-refractivity contribution in [2.45, 2.75) is 85.6 Å². The number of carbonyl (C=O) groups excluding carboxylic acids is 3. The van der Waals surface area contributed by atoms with Crippen LogP contribution < -0.4 is 26.2 Å². The van der Waals surface area contributed by atoms with Gasteiger partial charge >= 0.3 is 11.8 Å². The normalized spacial score (nSPS) is 30.8. The maximum absolute atomic E-state index is 14.8. The molecule has 2 aromatic heterocycles. The lowest BCUT2D eigenvalue weighted by atomic mass is 9.78. The second-order valence-electron chi connectivity index (χ2n) is 17.2. The zero-order valence-electron chi connectivity index (χ0n) is 37.5. The van der Waals surface area contributed by atoms with Gasteiger partial charge in [0.2, 0.25) is 0 Å².